The van der Waals surface area contributed by atoms with Crippen molar-refractivity contribution in [2.75, 3.05) is 0 Å². The summed E-state index contributed by atoms with van der Waals surface area (Å²) in [6.45, 7) is 0. The second-order valence-corrected chi connectivity index (χ2v) is 15.8. The molecule has 2 aromatic rings. The van der Waals surface area contributed by atoms with Crippen LogP contribution >= 0.6 is 0 Å². The predicted octanol–water partition coefficient (Wildman–Crippen LogP) is 9.10. The van der Waals surface area contributed by atoms with Crippen molar-refractivity contribution < 1.29 is 21.4 Å². The van der Waals surface area contributed by atoms with Gasteiger partial charge in [0.15, 0.2) is 0 Å². The van der Waals surface area contributed by atoms with E-state index in [4.69, 9.17) is 4.18 Å². The van der Waals surface area contributed by atoms with Crippen LogP contribution in [0.2, 0.25) is 0 Å². The molecule has 1 atom stereocenters. The van der Waals surface area contributed by atoms with Crippen LogP contribution in [0.5, 0.6) is 5.75 Å². The molecule has 0 amide bonds. The van der Waals surface area contributed by atoms with Crippen molar-refractivity contribution >= 4 is 21.2 Å². The minimum absolute atomic E-state index is 0.139. The molecule has 3 fully saturated rings. The Balaban J connectivity index is 1.45. The fourth-order valence-corrected chi connectivity index (χ4v) is 10.4. The maximum atomic E-state index is 14.6. The summed E-state index contributed by atoms with van der Waals surface area (Å²) in [5, 5.41) is 0. The number of benzene rings is 2. The van der Waals surface area contributed by atoms with Crippen LogP contribution in [-0.4, -0.2) is 17.2 Å². The van der Waals surface area contributed by atoms with Gasteiger partial charge in [0.1, 0.15) is 15.9 Å². The summed E-state index contributed by atoms with van der Waals surface area (Å²) in [4.78, 5) is 0.761. The zero-order valence-corrected chi connectivity index (χ0v) is 26.7. The third-order valence-corrected chi connectivity index (χ3v) is 12.7. The van der Waals surface area contributed by atoms with Gasteiger partial charge in [-0.25, -0.2) is 12.6 Å². The first-order chi connectivity index (χ1) is 20.4. The molecule has 6 rings (SSSR count). The van der Waals surface area contributed by atoms with E-state index in [-0.39, 0.29) is 4.90 Å². The molecular weight excluding hydrogens is 565 g/mol. The van der Waals surface area contributed by atoms with E-state index >= 15 is 0 Å². The smallest absolute Gasteiger partial charge is 0.241 e. The van der Waals surface area contributed by atoms with Crippen LogP contribution in [0.1, 0.15) is 161 Å². The van der Waals surface area contributed by atoms with E-state index in [1.807, 2.05) is 0 Å². The lowest BCUT2D eigenvalue weighted by Gasteiger charge is -2.32. The highest BCUT2D eigenvalue weighted by Crippen LogP contribution is 2.46. The molecule has 0 N–H and O–H groups in total. The van der Waals surface area contributed by atoms with Crippen LogP contribution in [0.25, 0.3) is 0 Å². The van der Waals surface area contributed by atoms with Gasteiger partial charge in [-0.05, 0) is 116 Å². The molecule has 0 aromatic heterocycles. The first kappa shape index (κ1) is 30.3. The maximum Gasteiger partial charge on any atom is 0.241 e. The summed E-state index contributed by atoms with van der Waals surface area (Å²) in [7, 11) is -4.60. The zero-order valence-electron chi connectivity index (χ0n) is 25.0. The summed E-state index contributed by atoms with van der Waals surface area (Å²) in [5.41, 5.74) is 5.29. The molecule has 0 heterocycles. The van der Waals surface area contributed by atoms with Crippen molar-refractivity contribution in [2.45, 2.75) is 156 Å². The van der Waals surface area contributed by atoms with Gasteiger partial charge in [-0.15, -0.1) is 0 Å². The topological polar surface area (TPSA) is 83.5 Å². The van der Waals surface area contributed by atoms with Crippen LogP contribution in [0.3, 0.4) is 0 Å². The van der Waals surface area contributed by atoms with Gasteiger partial charge in [0.05, 0.1) is 9.79 Å². The van der Waals surface area contributed by atoms with Crippen molar-refractivity contribution in [3.05, 3.63) is 52.1 Å². The van der Waals surface area contributed by atoms with Gasteiger partial charge in [0, 0.05) is 5.56 Å². The van der Waals surface area contributed by atoms with Crippen LogP contribution in [0, 0.1) is 0 Å². The van der Waals surface area contributed by atoms with Crippen molar-refractivity contribution in [1.29, 1.82) is 0 Å². The van der Waals surface area contributed by atoms with E-state index in [9.17, 15) is 17.2 Å². The highest BCUT2D eigenvalue weighted by molar-refractivity contribution is 7.85. The Bertz CT molecular complexity index is 1340. The first-order valence-corrected chi connectivity index (χ1v) is 19.3. The van der Waals surface area contributed by atoms with E-state index in [1.54, 1.807) is 6.07 Å². The van der Waals surface area contributed by atoms with Gasteiger partial charge in [-0.2, -0.15) is 0 Å². The molecule has 0 aliphatic heterocycles. The Hall–Kier alpha value is -1.70. The standard InChI is InChI=1S/C35H48O5S2/c36-41(40-33-21-22-34(42(37,38)39)30-20-12-4-11-19-29(30)33)35-31(26-15-7-2-8-16-26)23-28(25-13-5-1-6-14-25)24-32(35)27-17-9-3-10-18-27/h21-27H,1-20H2,(H,37,38,39)/p-1. The predicted molar refractivity (Wildman–Crippen MR) is 167 cm³/mol. The summed E-state index contributed by atoms with van der Waals surface area (Å²) >= 11 is -1.73. The van der Waals surface area contributed by atoms with E-state index in [1.165, 1.54) is 93.4 Å². The lowest BCUT2D eigenvalue weighted by molar-refractivity contribution is 0.418. The second kappa shape index (κ2) is 13.5. The Morgan fingerprint density at radius 3 is 1.64 bits per heavy atom. The van der Waals surface area contributed by atoms with E-state index in [0.29, 0.717) is 41.9 Å². The van der Waals surface area contributed by atoms with Gasteiger partial charge >= 0.3 is 0 Å². The van der Waals surface area contributed by atoms with Crippen LogP contribution in [0.15, 0.2) is 34.1 Å². The average Bonchev–Trinajstić information content (AvgIpc) is 3.28. The summed E-state index contributed by atoms with van der Waals surface area (Å²) in [6.07, 6.45) is 22.2. The van der Waals surface area contributed by atoms with Crippen LogP contribution in [-0.2, 0) is 34.0 Å². The Kier molecular flexibility index (Phi) is 9.76. The quantitative estimate of drug-likeness (QED) is 0.230. The molecule has 3 saturated carbocycles. The molecule has 5 nitrogen and oxygen atoms in total. The van der Waals surface area contributed by atoms with Gasteiger partial charge in [-0.3, -0.25) is 0 Å². The van der Waals surface area contributed by atoms with E-state index in [2.05, 4.69) is 12.1 Å². The normalized spacial score (nSPS) is 22.3. The Morgan fingerprint density at radius 2 is 1.12 bits per heavy atom. The minimum atomic E-state index is -4.60. The summed E-state index contributed by atoms with van der Waals surface area (Å²) < 4.78 is 57.4. The van der Waals surface area contributed by atoms with Gasteiger partial charge < -0.3 is 8.74 Å². The minimum Gasteiger partial charge on any atom is -0.744 e. The number of rotatable bonds is 7. The molecule has 0 saturated heterocycles. The molecule has 0 radical (unpaired) electrons. The molecule has 4 aliphatic rings. The van der Waals surface area contributed by atoms with Gasteiger partial charge in [0.2, 0.25) is 11.1 Å². The van der Waals surface area contributed by atoms with E-state index < -0.39 is 21.2 Å². The van der Waals surface area contributed by atoms with Crippen molar-refractivity contribution in [1.82, 2.24) is 0 Å². The largest absolute Gasteiger partial charge is 0.744 e. The third-order valence-electron chi connectivity index (χ3n) is 10.6. The van der Waals surface area contributed by atoms with Crippen molar-refractivity contribution in [2.24, 2.45) is 0 Å². The lowest BCUT2D eigenvalue weighted by atomic mass is 9.76. The number of hydrogen-bond donors (Lipinski definition) is 0. The Morgan fingerprint density at radius 1 is 0.643 bits per heavy atom. The number of fused-ring (bicyclic) bond motifs is 1. The summed E-state index contributed by atoms with van der Waals surface area (Å²) in [6, 6.07) is 7.81. The molecule has 4 aliphatic carbocycles. The van der Waals surface area contributed by atoms with Crippen LogP contribution in [0.4, 0.5) is 0 Å². The van der Waals surface area contributed by atoms with Gasteiger partial charge in [-0.1, -0.05) is 76.3 Å². The fraction of sp³-hybridized carbons (Fsp3) is 0.657. The number of hydrogen-bond acceptors (Lipinski definition) is 5. The third kappa shape index (κ3) is 6.68. The molecule has 0 spiro atoms. The molecule has 230 valence electrons. The Labute approximate surface area is 255 Å². The first-order valence-electron chi connectivity index (χ1n) is 16.8. The van der Waals surface area contributed by atoms with E-state index in [0.717, 1.165) is 55.4 Å². The van der Waals surface area contributed by atoms with Crippen LogP contribution < -0.4 is 4.18 Å². The zero-order chi connectivity index (χ0) is 29.1. The lowest BCUT2D eigenvalue weighted by Crippen LogP contribution is -2.18. The van der Waals surface area contributed by atoms with Gasteiger partial charge in [0.25, 0.3) is 0 Å². The average molecular weight is 612 g/mol. The molecular formula is C35H47O5S2-. The molecule has 1 unspecified atom stereocenters. The summed E-state index contributed by atoms with van der Waals surface area (Å²) in [5.74, 6) is 1.87. The van der Waals surface area contributed by atoms with Crippen molar-refractivity contribution in [3.8, 4) is 5.75 Å². The molecule has 7 heteroatoms. The second-order valence-electron chi connectivity index (χ2n) is 13.4. The molecule has 42 heavy (non-hydrogen) atoms. The monoisotopic (exact) mass is 611 g/mol. The molecule has 0 bridgehead atoms. The van der Waals surface area contributed by atoms with Crippen molar-refractivity contribution in [3.63, 3.8) is 0 Å². The SMILES string of the molecule is O=S(Oc1ccc(S(=O)(=O)[O-])c2c1CCCCC2)c1c(C2CCCCC2)cc(C2CCCCC2)cc1C1CCCCC1. The highest BCUT2D eigenvalue weighted by atomic mass is 32.2. The molecule has 2 aromatic carbocycles. The highest BCUT2D eigenvalue weighted by Gasteiger charge is 2.32. The fourth-order valence-electron chi connectivity index (χ4n) is 8.41. The maximum absolute atomic E-state index is 14.6.